The van der Waals surface area contributed by atoms with Crippen LogP contribution in [0.15, 0.2) is 27.4 Å². The van der Waals surface area contributed by atoms with E-state index in [0.717, 1.165) is 65.5 Å². The van der Waals surface area contributed by atoms with Gasteiger partial charge in [-0.3, -0.25) is 4.79 Å². The number of methoxy groups -OCH3 is 1. The predicted molar refractivity (Wildman–Crippen MR) is 116 cm³/mol. The highest BCUT2D eigenvalue weighted by atomic mass is 32.1. The Morgan fingerprint density at radius 3 is 2.71 bits per heavy atom. The minimum atomic E-state index is -0.437. The number of fused-ring (bicyclic) bond motifs is 4. The average molecular weight is 439 g/mol. The minimum absolute atomic E-state index is 0.232. The van der Waals surface area contributed by atoms with Crippen LogP contribution < -0.4 is 15.7 Å². The van der Waals surface area contributed by atoms with E-state index in [9.17, 15) is 14.4 Å². The average Bonchev–Trinajstić information content (AvgIpc) is 3.48. The number of anilines is 1. The van der Waals surface area contributed by atoms with E-state index in [2.05, 4.69) is 5.32 Å². The molecular formula is C23H21NO6S. The van der Waals surface area contributed by atoms with Gasteiger partial charge in [-0.1, -0.05) is 0 Å². The van der Waals surface area contributed by atoms with E-state index in [-0.39, 0.29) is 18.1 Å². The van der Waals surface area contributed by atoms with Crippen molar-refractivity contribution in [3.8, 4) is 5.75 Å². The second-order valence-electron chi connectivity index (χ2n) is 7.75. The zero-order valence-electron chi connectivity index (χ0n) is 17.0. The molecule has 1 N–H and O–H groups in total. The molecule has 31 heavy (non-hydrogen) atoms. The number of ether oxygens (including phenoxy) is 2. The normalized spacial score (nSPS) is 14.4. The molecule has 5 rings (SSSR count). The van der Waals surface area contributed by atoms with Gasteiger partial charge in [-0.2, -0.15) is 0 Å². The number of carbonyl (C=O) groups is 2. The third kappa shape index (κ3) is 3.50. The maximum Gasteiger partial charge on any atom is 0.341 e. The van der Waals surface area contributed by atoms with Gasteiger partial charge in [0, 0.05) is 21.9 Å². The van der Waals surface area contributed by atoms with Crippen molar-refractivity contribution < 1.29 is 23.5 Å². The number of aryl methyl sites for hydroxylation is 2. The number of esters is 1. The lowest BCUT2D eigenvalue weighted by Crippen LogP contribution is -2.21. The highest BCUT2D eigenvalue weighted by Crippen LogP contribution is 2.39. The van der Waals surface area contributed by atoms with Crippen molar-refractivity contribution in [1.29, 1.82) is 0 Å². The summed E-state index contributed by atoms with van der Waals surface area (Å²) in [6.45, 7) is -0.232. The second-order valence-corrected chi connectivity index (χ2v) is 8.85. The first-order valence-corrected chi connectivity index (χ1v) is 11.1. The number of rotatable bonds is 5. The summed E-state index contributed by atoms with van der Waals surface area (Å²) in [6.07, 6.45) is 5.30. The Kier molecular flexibility index (Phi) is 5.02. The Morgan fingerprint density at radius 1 is 1.10 bits per heavy atom. The molecule has 0 fully saturated rings. The molecule has 0 radical (unpaired) electrons. The van der Waals surface area contributed by atoms with Crippen LogP contribution >= 0.6 is 11.3 Å². The van der Waals surface area contributed by atoms with Gasteiger partial charge in [-0.25, -0.2) is 9.59 Å². The van der Waals surface area contributed by atoms with Crippen LogP contribution in [0.3, 0.4) is 0 Å². The van der Waals surface area contributed by atoms with Gasteiger partial charge in [0.1, 0.15) is 16.3 Å². The topological polar surface area (TPSA) is 94.8 Å². The lowest BCUT2D eigenvalue weighted by atomic mass is 10.1. The summed E-state index contributed by atoms with van der Waals surface area (Å²) >= 11 is 1.42. The molecule has 3 aromatic rings. The van der Waals surface area contributed by atoms with Gasteiger partial charge in [0.25, 0.3) is 5.91 Å². The van der Waals surface area contributed by atoms with Gasteiger partial charge < -0.3 is 19.2 Å². The molecule has 0 spiro atoms. The van der Waals surface area contributed by atoms with Gasteiger partial charge in [0.15, 0.2) is 6.61 Å². The monoisotopic (exact) mass is 439 g/mol. The van der Waals surface area contributed by atoms with Crippen LogP contribution in [0.4, 0.5) is 5.00 Å². The second kappa shape index (κ2) is 7.85. The third-order valence-corrected chi connectivity index (χ3v) is 7.09. The summed E-state index contributed by atoms with van der Waals surface area (Å²) in [7, 11) is 1.34. The quantitative estimate of drug-likeness (QED) is 0.482. The van der Waals surface area contributed by atoms with Crippen molar-refractivity contribution in [1.82, 2.24) is 0 Å². The summed E-state index contributed by atoms with van der Waals surface area (Å²) in [6, 6.07) is 5.28. The smallest absolute Gasteiger partial charge is 0.341 e. The van der Waals surface area contributed by atoms with Crippen molar-refractivity contribution >= 4 is 39.2 Å². The predicted octanol–water partition coefficient (Wildman–Crippen LogP) is 3.64. The summed E-state index contributed by atoms with van der Waals surface area (Å²) < 4.78 is 16.0. The fourth-order valence-electron chi connectivity index (χ4n) is 4.48. The molecular weight excluding hydrogens is 418 g/mol. The van der Waals surface area contributed by atoms with Gasteiger partial charge in [0.05, 0.1) is 12.7 Å². The zero-order chi connectivity index (χ0) is 21.5. The van der Waals surface area contributed by atoms with E-state index in [1.54, 1.807) is 12.1 Å². The van der Waals surface area contributed by atoms with Crippen molar-refractivity contribution in [3.05, 3.63) is 55.8 Å². The Balaban J connectivity index is 1.31. The summed E-state index contributed by atoms with van der Waals surface area (Å²) in [5, 5.41) is 4.21. The molecule has 2 aromatic heterocycles. The number of hydrogen-bond acceptors (Lipinski definition) is 7. The van der Waals surface area contributed by atoms with Gasteiger partial charge >= 0.3 is 11.6 Å². The SMILES string of the molecule is COC(=O)c1c(NC(=O)COc2ccc3c4c(c(=O)oc3c2)CCC4)sc2c1CCC2. The highest BCUT2D eigenvalue weighted by molar-refractivity contribution is 7.17. The van der Waals surface area contributed by atoms with E-state index in [1.165, 1.54) is 18.4 Å². The van der Waals surface area contributed by atoms with Crippen LogP contribution in [0.5, 0.6) is 5.75 Å². The van der Waals surface area contributed by atoms with Crippen LogP contribution in [0.2, 0.25) is 0 Å². The molecule has 0 aliphatic heterocycles. The minimum Gasteiger partial charge on any atom is -0.484 e. The molecule has 2 aliphatic rings. The number of thiophene rings is 1. The van der Waals surface area contributed by atoms with Crippen LogP contribution in [0.25, 0.3) is 11.0 Å². The Morgan fingerprint density at radius 2 is 1.87 bits per heavy atom. The number of benzene rings is 1. The Bertz CT molecular complexity index is 1270. The Labute approximate surface area is 182 Å². The highest BCUT2D eigenvalue weighted by Gasteiger charge is 2.28. The van der Waals surface area contributed by atoms with Crippen LogP contribution in [0.1, 0.15) is 44.8 Å². The van der Waals surface area contributed by atoms with E-state index in [1.807, 2.05) is 6.07 Å². The van der Waals surface area contributed by atoms with E-state index < -0.39 is 5.97 Å². The van der Waals surface area contributed by atoms with Crippen LogP contribution in [0, 0.1) is 0 Å². The molecule has 160 valence electrons. The molecule has 0 bridgehead atoms. The molecule has 2 heterocycles. The first-order valence-electron chi connectivity index (χ1n) is 10.3. The van der Waals surface area contributed by atoms with Gasteiger partial charge in [-0.05, 0) is 61.8 Å². The summed E-state index contributed by atoms with van der Waals surface area (Å²) in [5.41, 5.74) is 3.42. The standard InChI is InChI=1S/C23H21NO6S/c1-28-23(27)20-16-6-3-7-18(16)31-21(20)24-19(25)11-29-12-8-9-14-13-4-2-5-15(13)22(26)30-17(14)10-12/h8-10H,2-7,11H2,1H3,(H,24,25). The number of amides is 1. The maximum absolute atomic E-state index is 12.5. The summed E-state index contributed by atoms with van der Waals surface area (Å²) in [5.74, 6) is -0.376. The first-order chi connectivity index (χ1) is 15.0. The molecule has 1 amide bonds. The fourth-order valence-corrected chi connectivity index (χ4v) is 5.77. The van der Waals surface area contributed by atoms with E-state index >= 15 is 0 Å². The van der Waals surface area contributed by atoms with Crippen molar-refractivity contribution in [2.45, 2.75) is 38.5 Å². The van der Waals surface area contributed by atoms with Gasteiger partial charge in [0.2, 0.25) is 0 Å². The Hall–Kier alpha value is -3.13. The molecule has 0 saturated heterocycles. The van der Waals surface area contributed by atoms with Crippen molar-refractivity contribution in [2.24, 2.45) is 0 Å². The summed E-state index contributed by atoms with van der Waals surface area (Å²) in [4.78, 5) is 38.0. The first kappa shape index (κ1) is 19.8. The largest absolute Gasteiger partial charge is 0.484 e. The lowest BCUT2D eigenvalue weighted by Gasteiger charge is -2.10. The fraction of sp³-hybridized carbons (Fsp3) is 0.348. The maximum atomic E-state index is 12.5. The van der Waals surface area contributed by atoms with Crippen molar-refractivity contribution in [2.75, 3.05) is 19.0 Å². The molecule has 0 atom stereocenters. The molecule has 0 saturated carbocycles. The van der Waals surface area contributed by atoms with E-state index in [4.69, 9.17) is 13.9 Å². The van der Waals surface area contributed by atoms with Gasteiger partial charge in [-0.15, -0.1) is 11.3 Å². The third-order valence-electron chi connectivity index (χ3n) is 5.88. The lowest BCUT2D eigenvalue weighted by molar-refractivity contribution is -0.118. The molecule has 7 nitrogen and oxygen atoms in total. The number of nitrogens with one attached hydrogen (secondary N) is 1. The zero-order valence-corrected chi connectivity index (χ0v) is 17.9. The number of hydrogen-bond donors (Lipinski definition) is 1. The van der Waals surface area contributed by atoms with Crippen LogP contribution in [-0.2, 0) is 35.2 Å². The molecule has 8 heteroatoms. The molecule has 0 unspecified atom stereocenters. The van der Waals surface area contributed by atoms with Crippen LogP contribution in [-0.4, -0.2) is 25.6 Å². The van der Waals surface area contributed by atoms with E-state index in [0.29, 0.717) is 21.9 Å². The van der Waals surface area contributed by atoms with Crippen molar-refractivity contribution in [3.63, 3.8) is 0 Å². The molecule has 2 aliphatic carbocycles. The molecule has 1 aromatic carbocycles. The number of carbonyl (C=O) groups excluding carboxylic acids is 2.